The maximum atomic E-state index is 10.7. The van der Waals surface area contributed by atoms with Crippen LogP contribution in [0.2, 0.25) is 0 Å². The highest BCUT2D eigenvalue weighted by Gasteiger charge is 2.06. The molecule has 1 atom stereocenters. The molecule has 1 rings (SSSR count). The van der Waals surface area contributed by atoms with E-state index in [1.54, 1.807) is 12.1 Å². The second kappa shape index (κ2) is 5.48. The van der Waals surface area contributed by atoms with E-state index in [1.807, 2.05) is 12.1 Å². The number of nitrogens with two attached hydrogens (primary N) is 2. The number of carbonyl (C=O) groups excluding carboxylic acids is 1. The van der Waals surface area contributed by atoms with Gasteiger partial charge >= 0.3 is 5.97 Å². The lowest BCUT2D eigenvalue weighted by Crippen LogP contribution is -2.15. The molecule has 0 fully saturated rings. The zero-order valence-corrected chi connectivity index (χ0v) is 8.77. The van der Waals surface area contributed by atoms with Crippen molar-refractivity contribution >= 4 is 5.97 Å². The lowest BCUT2D eigenvalue weighted by atomic mass is 10.0. The summed E-state index contributed by atoms with van der Waals surface area (Å²) in [6.45, 7) is 1.91. The maximum absolute atomic E-state index is 10.7. The van der Waals surface area contributed by atoms with Gasteiger partial charge in [-0.2, -0.15) is 0 Å². The Morgan fingerprint density at radius 2 is 2.27 bits per heavy atom. The Morgan fingerprint density at radius 1 is 1.53 bits per heavy atom. The highest BCUT2D eigenvalue weighted by atomic mass is 16.5. The van der Waals surface area contributed by atoms with Gasteiger partial charge in [-0.3, -0.25) is 4.79 Å². The number of hydrogen-bond acceptors (Lipinski definition) is 4. The van der Waals surface area contributed by atoms with E-state index in [4.69, 9.17) is 16.2 Å². The van der Waals surface area contributed by atoms with Crippen LogP contribution in [0.25, 0.3) is 0 Å². The average Bonchev–Trinajstić information content (AvgIpc) is 2.17. The normalized spacial score (nSPS) is 12.2. The zero-order valence-electron chi connectivity index (χ0n) is 8.77. The molecule has 0 bridgehead atoms. The SMILES string of the molecule is CC(=O)Oc1cccc([C@@H](N)CCN)c1. The third-order valence-corrected chi connectivity index (χ3v) is 2.03. The van der Waals surface area contributed by atoms with Crippen molar-refractivity contribution in [2.45, 2.75) is 19.4 Å². The minimum atomic E-state index is -0.334. The van der Waals surface area contributed by atoms with E-state index in [9.17, 15) is 4.79 Å². The van der Waals surface area contributed by atoms with Gasteiger partial charge in [0.25, 0.3) is 0 Å². The van der Waals surface area contributed by atoms with Gasteiger partial charge in [0.2, 0.25) is 0 Å². The predicted octanol–water partition coefficient (Wildman–Crippen LogP) is 0.961. The molecule has 82 valence electrons. The van der Waals surface area contributed by atoms with E-state index >= 15 is 0 Å². The maximum Gasteiger partial charge on any atom is 0.308 e. The highest BCUT2D eigenvalue weighted by Crippen LogP contribution is 2.19. The Hall–Kier alpha value is -1.39. The summed E-state index contributed by atoms with van der Waals surface area (Å²) in [5.74, 6) is 0.187. The number of benzene rings is 1. The molecule has 0 aliphatic heterocycles. The van der Waals surface area contributed by atoms with Crippen LogP contribution in [0, 0.1) is 0 Å². The largest absolute Gasteiger partial charge is 0.427 e. The van der Waals surface area contributed by atoms with Gasteiger partial charge in [-0.15, -0.1) is 0 Å². The van der Waals surface area contributed by atoms with E-state index in [-0.39, 0.29) is 12.0 Å². The van der Waals surface area contributed by atoms with Gasteiger partial charge in [0, 0.05) is 13.0 Å². The van der Waals surface area contributed by atoms with Gasteiger partial charge in [-0.1, -0.05) is 12.1 Å². The van der Waals surface area contributed by atoms with Crippen LogP contribution in [0.3, 0.4) is 0 Å². The minimum absolute atomic E-state index is 0.106. The molecule has 4 heteroatoms. The minimum Gasteiger partial charge on any atom is -0.427 e. The van der Waals surface area contributed by atoms with Crippen LogP contribution in [-0.4, -0.2) is 12.5 Å². The molecule has 4 N–H and O–H groups in total. The summed E-state index contributed by atoms with van der Waals surface area (Å²) in [6.07, 6.45) is 0.712. The summed E-state index contributed by atoms with van der Waals surface area (Å²) >= 11 is 0. The van der Waals surface area contributed by atoms with Gasteiger partial charge in [-0.25, -0.2) is 0 Å². The molecule has 1 aromatic carbocycles. The van der Waals surface area contributed by atoms with Crippen molar-refractivity contribution in [3.05, 3.63) is 29.8 Å². The summed E-state index contributed by atoms with van der Waals surface area (Å²) in [4.78, 5) is 10.7. The first kappa shape index (κ1) is 11.7. The lowest BCUT2D eigenvalue weighted by molar-refractivity contribution is -0.131. The van der Waals surface area contributed by atoms with Crippen LogP contribution in [0.5, 0.6) is 5.75 Å². The standard InChI is InChI=1S/C11H16N2O2/c1-8(14)15-10-4-2-3-9(7-10)11(13)5-6-12/h2-4,7,11H,5-6,12-13H2,1H3/t11-/m0/s1. The van der Waals surface area contributed by atoms with Crippen molar-refractivity contribution in [1.82, 2.24) is 0 Å². The molecule has 0 saturated carbocycles. The molecular weight excluding hydrogens is 192 g/mol. The van der Waals surface area contributed by atoms with Crippen LogP contribution in [-0.2, 0) is 4.79 Å². The van der Waals surface area contributed by atoms with Gasteiger partial charge in [-0.05, 0) is 30.7 Å². The van der Waals surface area contributed by atoms with Gasteiger partial charge in [0.15, 0.2) is 0 Å². The smallest absolute Gasteiger partial charge is 0.308 e. The fourth-order valence-electron chi connectivity index (χ4n) is 1.32. The summed E-state index contributed by atoms with van der Waals surface area (Å²) in [5.41, 5.74) is 12.2. The van der Waals surface area contributed by atoms with Crippen LogP contribution >= 0.6 is 0 Å². The molecule has 0 amide bonds. The van der Waals surface area contributed by atoms with Gasteiger partial charge < -0.3 is 16.2 Å². The molecule has 0 heterocycles. The van der Waals surface area contributed by atoms with Crippen LogP contribution in [0.1, 0.15) is 24.9 Å². The monoisotopic (exact) mass is 208 g/mol. The molecule has 4 nitrogen and oxygen atoms in total. The third-order valence-electron chi connectivity index (χ3n) is 2.03. The molecule has 0 spiro atoms. The Labute approximate surface area is 89.2 Å². The Balaban J connectivity index is 2.77. The van der Waals surface area contributed by atoms with Crippen LogP contribution < -0.4 is 16.2 Å². The van der Waals surface area contributed by atoms with Crippen molar-refractivity contribution in [2.24, 2.45) is 11.5 Å². The van der Waals surface area contributed by atoms with Crippen molar-refractivity contribution in [3.63, 3.8) is 0 Å². The lowest BCUT2D eigenvalue weighted by Gasteiger charge is -2.11. The van der Waals surface area contributed by atoms with E-state index < -0.39 is 0 Å². The summed E-state index contributed by atoms with van der Waals surface area (Å²) in [6, 6.07) is 7.09. The van der Waals surface area contributed by atoms with Gasteiger partial charge in [0.1, 0.15) is 5.75 Å². The molecule has 0 saturated heterocycles. The van der Waals surface area contributed by atoms with E-state index in [0.717, 1.165) is 5.56 Å². The highest BCUT2D eigenvalue weighted by molar-refractivity contribution is 5.69. The quantitative estimate of drug-likeness (QED) is 0.570. The first-order valence-corrected chi connectivity index (χ1v) is 4.87. The fourth-order valence-corrected chi connectivity index (χ4v) is 1.32. The van der Waals surface area contributed by atoms with Crippen molar-refractivity contribution in [1.29, 1.82) is 0 Å². The first-order valence-electron chi connectivity index (χ1n) is 4.87. The molecular formula is C11H16N2O2. The number of hydrogen-bond donors (Lipinski definition) is 2. The molecule has 0 radical (unpaired) electrons. The second-order valence-corrected chi connectivity index (χ2v) is 3.35. The molecule has 1 aromatic rings. The topological polar surface area (TPSA) is 78.3 Å². The molecule has 0 unspecified atom stereocenters. The van der Waals surface area contributed by atoms with E-state index in [0.29, 0.717) is 18.7 Å². The third kappa shape index (κ3) is 3.69. The predicted molar refractivity (Wildman–Crippen MR) is 58.4 cm³/mol. The number of carbonyl (C=O) groups is 1. The first-order chi connectivity index (χ1) is 7.13. The summed E-state index contributed by atoms with van der Waals surface area (Å²) < 4.78 is 4.96. The van der Waals surface area contributed by atoms with Gasteiger partial charge in [0.05, 0.1) is 0 Å². The molecule has 15 heavy (non-hydrogen) atoms. The Kier molecular flexibility index (Phi) is 4.27. The summed E-state index contributed by atoms with van der Waals surface area (Å²) in [7, 11) is 0. The zero-order chi connectivity index (χ0) is 11.3. The fraction of sp³-hybridized carbons (Fsp3) is 0.364. The molecule has 0 aliphatic rings. The van der Waals surface area contributed by atoms with Crippen molar-refractivity contribution in [2.75, 3.05) is 6.54 Å². The average molecular weight is 208 g/mol. The van der Waals surface area contributed by atoms with Crippen LogP contribution in [0.15, 0.2) is 24.3 Å². The second-order valence-electron chi connectivity index (χ2n) is 3.35. The molecule has 0 aromatic heterocycles. The Morgan fingerprint density at radius 3 is 2.87 bits per heavy atom. The number of rotatable bonds is 4. The van der Waals surface area contributed by atoms with Crippen molar-refractivity contribution in [3.8, 4) is 5.75 Å². The van der Waals surface area contributed by atoms with E-state index in [1.165, 1.54) is 6.92 Å². The van der Waals surface area contributed by atoms with Crippen molar-refractivity contribution < 1.29 is 9.53 Å². The van der Waals surface area contributed by atoms with Crippen LogP contribution in [0.4, 0.5) is 0 Å². The number of ether oxygens (including phenoxy) is 1. The molecule has 0 aliphatic carbocycles. The summed E-state index contributed by atoms with van der Waals surface area (Å²) in [5, 5.41) is 0. The van der Waals surface area contributed by atoms with E-state index in [2.05, 4.69) is 0 Å². The number of esters is 1. The Bertz CT molecular complexity index is 339.